The Hall–Kier alpha value is -2.21. The van der Waals surface area contributed by atoms with Gasteiger partial charge in [0.05, 0.1) is 28.4 Å². The fourth-order valence-electron chi connectivity index (χ4n) is 2.80. The average Bonchev–Trinajstić information content (AvgIpc) is 3.10. The monoisotopic (exact) mass is 342 g/mol. The first-order valence-corrected chi connectivity index (χ1v) is 8.80. The SMILES string of the molecule is Cc1nn(C)c(C)c1CC(=O)N(C)C(C)c1nc2ccccc2s1. The third kappa shape index (κ3) is 2.94. The van der Waals surface area contributed by atoms with E-state index in [1.807, 2.05) is 57.7 Å². The molecule has 2 heterocycles. The Kier molecular flexibility index (Phi) is 4.41. The summed E-state index contributed by atoms with van der Waals surface area (Å²) in [6, 6.07) is 8.02. The summed E-state index contributed by atoms with van der Waals surface area (Å²) in [6.45, 7) is 5.98. The minimum atomic E-state index is -0.0489. The Balaban J connectivity index is 1.79. The molecule has 3 aromatic rings. The summed E-state index contributed by atoms with van der Waals surface area (Å²) in [5, 5.41) is 5.35. The molecule has 2 aromatic heterocycles. The highest BCUT2D eigenvalue weighted by atomic mass is 32.1. The van der Waals surface area contributed by atoms with E-state index in [9.17, 15) is 4.79 Å². The molecule has 0 saturated heterocycles. The lowest BCUT2D eigenvalue weighted by atomic mass is 10.1. The zero-order valence-electron chi connectivity index (χ0n) is 14.7. The van der Waals surface area contributed by atoms with E-state index in [1.165, 1.54) is 0 Å². The molecule has 0 N–H and O–H groups in total. The lowest BCUT2D eigenvalue weighted by molar-refractivity contribution is -0.131. The standard InChI is InChI=1S/C18H22N4OS/c1-11-14(12(2)22(5)20-11)10-17(23)21(4)13(3)18-19-15-8-6-7-9-16(15)24-18/h6-9,13H,10H2,1-5H3. The van der Waals surface area contributed by atoms with Crippen LogP contribution in [-0.4, -0.2) is 32.6 Å². The van der Waals surface area contributed by atoms with Crippen molar-refractivity contribution in [3.05, 3.63) is 46.2 Å². The zero-order chi connectivity index (χ0) is 17.4. The van der Waals surface area contributed by atoms with Gasteiger partial charge in [-0.1, -0.05) is 12.1 Å². The number of nitrogens with zero attached hydrogens (tertiary/aromatic N) is 4. The van der Waals surface area contributed by atoms with Crippen molar-refractivity contribution in [1.82, 2.24) is 19.7 Å². The number of fused-ring (bicyclic) bond motifs is 1. The fraction of sp³-hybridized carbons (Fsp3) is 0.389. The van der Waals surface area contributed by atoms with Crippen LogP contribution in [0.2, 0.25) is 0 Å². The summed E-state index contributed by atoms with van der Waals surface area (Å²) < 4.78 is 2.98. The lowest BCUT2D eigenvalue weighted by Crippen LogP contribution is -2.31. The van der Waals surface area contributed by atoms with Gasteiger partial charge in [-0.05, 0) is 32.9 Å². The average molecular weight is 342 g/mol. The van der Waals surface area contributed by atoms with Gasteiger partial charge in [0, 0.05) is 25.4 Å². The van der Waals surface area contributed by atoms with Gasteiger partial charge in [0.15, 0.2) is 0 Å². The number of para-hydroxylation sites is 1. The molecule has 0 aliphatic rings. The highest BCUT2D eigenvalue weighted by molar-refractivity contribution is 7.18. The molecule has 1 aromatic carbocycles. The van der Waals surface area contributed by atoms with Gasteiger partial charge < -0.3 is 4.90 Å². The molecule has 0 fully saturated rings. The summed E-state index contributed by atoms with van der Waals surface area (Å²) in [6.07, 6.45) is 0.372. The smallest absolute Gasteiger partial charge is 0.227 e. The van der Waals surface area contributed by atoms with Crippen LogP contribution in [-0.2, 0) is 18.3 Å². The number of thiazole rings is 1. The van der Waals surface area contributed by atoms with Gasteiger partial charge >= 0.3 is 0 Å². The summed E-state index contributed by atoms with van der Waals surface area (Å²) in [5.74, 6) is 0.0842. The molecule has 5 nitrogen and oxygen atoms in total. The van der Waals surface area contributed by atoms with Crippen molar-refractivity contribution >= 4 is 27.5 Å². The minimum Gasteiger partial charge on any atom is -0.336 e. The van der Waals surface area contributed by atoms with Crippen molar-refractivity contribution in [3.8, 4) is 0 Å². The van der Waals surface area contributed by atoms with Crippen molar-refractivity contribution in [2.45, 2.75) is 33.2 Å². The number of aromatic nitrogens is 3. The van der Waals surface area contributed by atoms with Gasteiger partial charge in [-0.3, -0.25) is 9.48 Å². The van der Waals surface area contributed by atoms with Gasteiger partial charge in [-0.15, -0.1) is 11.3 Å². The molecular formula is C18H22N4OS. The number of carbonyl (C=O) groups is 1. The molecule has 0 spiro atoms. The van der Waals surface area contributed by atoms with Crippen LogP contribution in [0.3, 0.4) is 0 Å². The first kappa shape index (κ1) is 16.6. The molecule has 6 heteroatoms. The van der Waals surface area contributed by atoms with Gasteiger partial charge in [0.2, 0.25) is 5.91 Å². The van der Waals surface area contributed by atoms with Crippen LogP contribution < -0.4 is 0 Å². The third-order valence-corrected chi connectivity index (χ3v) is 5.84. The van der Waals surface area contributed by atoms with Crippen LogP contribution >= 0.6 is 11.3 Å². The Morgan fingerprint density at radius 1 is 1.33 bits per heavy atom. The largest absolute Gasteiger partial charge is 0.336 e. The Morgan fingerprint density at radius 2 is 2.04 bits per heavy atom. The van der Waals surface area contributed by atoms with Crippen LogP contribution in [0.1, 0.15) is 34.9 Å². The first-order valence-electron chi connectivity index (χ1n) is 7.98. The van der Waals surface area contributed by atoms with Crippen LogP contribution in [0, 0.1) is 13.8 Å². The van der Waals surface area contributed by atoms with E-state index in [1.54, 1.807) is 16.2 Å². The van der Waals surface area contributed by atoms with E-state index in [0.29, 0.717) is 6.42 Å². The van der Waals surface area contributed by atoms with Crippen LogP contribution in [0.5, 0.6) is 0 Å². The number of benzene rings is 1. The summed E-state index contributed by atoms with van der Waals surface area (Å²) >= 11 is 1.65. The lowest BCUT2D eigenvalue weighted by Gasteiger charge is -2.23. The van der Waals surface area contributed by atoms with Crippen molar-refractivity contribution in [1.29, 1.82) is 0 Å². The molecule has 1 unspecified atom stereocenters. The second-order valence-corrected chi connectivity index (χ2v) is 7.21. The van der Waals surface area contributed by atoms with Crippen molar-refractivity contribution in [2.75, 3.05) is 7.05 Å². The van der Waals surface area contributed by atoms with Gasteiger partial charge in [0.25, 0.3) is 0 Å². The van der Waals surface area contributed by atoms with E-state index in [0.717, 1.165) is 32.2 Å². The van der Waals surface area contributed by atoms with Gasteiger partial charge in [0.1, 0.15) is 5.01 Å². The highest BCUT2D eigenvalue weighted by Gasteiger charge is 2.22. The molecule has 24 heavy (non-hydrogen) atoms. The van der Waals surface area contributed by atoms with E-state index in [-0.39, 0.29) is 11.9 Å². The van der Waals surface area contributed by atoms with E-state index < -0.39 is 0 Å². The van der Waals surface area contributed by atoms with Crippen LogP contribution in [0.4, 0.5) is 0 Å². The maximum atomic E-state index is 12.7. The normalized spacial score (nSPS) is 12.5. The third-order valence-electron chi connectivity index (χ3n) is 4.63. The van der Waals surface area contributed by atoms with E-state index >= 15 is 0 Å². The molecule has 0 aliphatic heterocycles. The number of rotatable bonds is 4. The Morgan fingerprint density at radius 3 is 2.67 bits per heavy atom. The van der Waals surface area contributed by atoms with Crippen molar-refractivity contribution in [3.63, 3.8) is 0 Å². The predicted molar refractivity (Wildman–Crippen MR) is 97.2 cm³/mol. The molecule has 0 radical (unpaired) electrons. The maximum Gasteiger partial charge on any atom is 0.227 e. The predicted octanol–water partition coefficient (Wildman–Crippen LogP) is 3.41. The van der Waals surface area contributed by atoms with Crippen LogP contribution in [0.25, 0.3) is 10.2 Å². The topological polar surface area (TPSA) is 51.0 Å². The van der Waals surface area contributed by atoms with Gasteiger partial charge in [-0.2, -0.15) is 5.10 Å². The molecule has 0 aliphatic carbocycles. The number of aryl methyl sites for hydroxylation is 2. The fourth-order valence-corrected chi connectivity index (χ4v) is 3.86. The summed E-state index contributed by atoms with van der Waals surface area (Å²) in [7, 11) is 3.75. The number of hydrogen-bond donors (Lipinski definition) is 0. The van der Waals surface area contributed by atoms with Gasteiger partial charge in [-0.25, -0.2) is 4.98 Å². The maximum absolute atomic E-state index is 12.7. The summed E-state index contributed by atoms with van der Waals surface area (Å²) in [5.41, 5.74) is 3.97. The quantitative estimate of drug-likeness (QED) is 0.730. The molecule has 3 rings (SSSR count). The Bertz CT molecular complexity index is 863. The number of hydrogen-bond acceptors (Lipinski definition) is 4. The van der Waals surface area contributed by atoms with E-state index in [2.05, 4.69) is 16.1 Å². The molecule has 1 amide bonds. The number of likely N-dealkylation sites (N-methyl/N-ethyl adjacent to an activating group) is 1. The van der Waals surface area contributed by atoms with Crippen LogP contribution in [0.15, 0.2) is 24.3 Å². The van der Waals surface area contributed by atoms with Crippen molar-refractivity contribution in [2.24, 2.45) is 7.05 Å². The van der Waals surface area contributed by atoms with E-state index in [4.69, 9.17) is 0 Å². The molecule has 126 valence electrons. The highest BCUT2D eigenvalue weighted by Crippen LogP contribution is 2.29. The molecule has 0 saturated carbocycles. The number of amides is 1. The molecule has 0 bridgehead atoms. The molecular weight excluding hydrogens is 320 g/mol. The molecule has 1 atom stereocenters. The number of carbonyl (C=O) groups excluding carboxylic acids is 1. The zero-order valence-corrected chi connectivity index (χ0v) is 15.5. The second-order valence-electron chi connectivity index (χ2n) is 6.15. The minimum absolute atomic E-state index is 0.0489. The second kappa shape index (κ2) is 6.36. The van der Waals surface area contributed by atoms with Crippen molar-refractivity contribution < 1.29 is 4.79 Å². The Labute approximate surface area is 145 Å². The summed E-state index contributed by atoms with van der Waals surface area (Å²) in [4.78, 5) is 19.2. The first-order chi connectivity index (χ1) is 11.4.